The molecule has 0 fully saturated rings. The van der Waals surface area contributed by atoms with E-state index in [9.17, 15) is 4.79 Å². The first-order valence-corrected chi connectivity index (χ1v) is 22.1. The second-order valence-electron chi connectivity index (χ2n) is 15.4. The maximum Gasteiger partial charge on any atom is 0.217 e. The lowest BCUT2D eigenvalue weighted by atomic mass is 10.0. The predicted molar refractivity (Wildman–Crippen MR) is 209 cm³/mol. The van der Waals surface area contributed by atoms with Crippen LogP contribution in [0.2, 0.25) is 0 Å². The van der Waals surface area contributed by atoms with Gasteiger partial charge in [0.15, 0.2) is 0 Å². The Hall–Kier alpha value is -0.530. The number of primary amides is 1. The van der Waals surface area contributed by atoms with E-state index in [0.717, 1.165) is 6.42 Å². The molecule has 0 aliphatic heterocycles. The van der Waals surface area contributed by atoms with E-state index in [-0.39, 0.29) is 5.91 Å². The van der Waals surface area contributed by atoms with Crippen molar-refractivity contribution in [2.24, 2.45) is 5.73 Å². The third-order valence-corrected chi connectivity index (χ3v) is 10.5. The summed E-state index contributed by atoms with van der Waals surface area (Å²) in [6.45, 7) is 2.31. The lowest BCUT2D eigenvalue weighted by Gasteiger charge is -2.05. The van der Waals surface area contributed by atoms with Gasteiger partial charge in [0.05, 0.1) is 0 Å². The highest BCUT2D eigenvalue weighted by atomic mass is 16.1. The van der Waals surface area contributed by atoms with E-state index in [2.05, 4.69) is 6.92 Å². The molecule has 2 N–H and O–H groups in total. The van der Waals surface area contributed by atoms with Crippen molar-refractivity contribution in [1.82, 2.24) is 0 Å². The zero-order valence-electron chi connectivity index (χ0n) is 32.2. The zero-order valence-corrected chi connectivity index (χ0v) is 32.2. The van der Waals surface area contributed by atoms with E-state index in [1.165, 1.54) is 257 Å². The predicted octanol–water partition coefficient (Wildman–Crippen LogP) is 15.9. The fourth-order valence-corrected chi connectivity index (χ4v) is 7.27. The molecule has 2 heteroatoms. The summed E-state index contributed by atoms with van der Waals surface area (Å²) in [7, 11) is 0. The Morgan fingerprint density at radius 2 is 0.391 bits per heavy atom. The summed E-state index contributed by atoms with van der Waals surface area (Å²) < 4.78 is 0. The largest absolute Gasteiger partial charge is 0.370 e. The van der Waals surface area contributed by atoms with Crippen LogP contribution in [-0.2, 0) is 4.79 Å². The molecule has 1 amide bonds. The van der Waals surface area contributed by atoms with Gasteiger partial charge < -0.3 is 5.73 Å². The summed E-state index contributed by atoms with van der Waals surface area (Å²) in [5, 5.41) is 0. The van der Waals surface area contributed by atoms with E-state index in [4.69, 9.17) is 5.73 Å². The van der Waals surface area contributed by atoms with Crippen LogP contribution in [0, 0.1) is 0 Å². The highest BCUT2D eigenvalue weighted by molar-refractivity contribution is 5.73. The van der Waals surface area contributed by atoms with Gasteiger partial charge in [0, 0.05) is 6.42 Å². The summed E-state index contributed by atoms with van der Waals surface area (Å²) in [6.07, 6.45) is 59.6. The number of nitrogens with two attached hydrogens (primary N) is 1. The maximum absolute atomic E-state index is 10.7. The van der Waals surface area contributed by atoms with Crippen LogP contribution in [0.25, 0.3) is 0 Å². The van der Waals surface area contributed by atoms with E-state index in [1.54, 1.807) is 0 Å². The summed E-state index contributed by atoms with van der Waals surface area (Å²) in [5.74, 6) is -0.147. The van der Waals surface area contributed by atoms with Crippen LogP contribution in [0.3, 0.4) is 0 Å². The van der Waals surface area contributed by atoms with Gasteiger partial charge in [0.1, 0.15) is 0 Å². The molecule has 0 aromatic heterocycles. The molecule has 0 aliphatic carbocycles. The van der Waals surface area contributed by atoms with Crippen LogP contribution < -0.4 is 5.73 Å². The quantitative estimate of drug-likeness (QED) is 0.0658. The first-order valence-electron chi connectivity index (χ1n) is 22.1. The van der Waals surface area contributed by atoms with Crippen LogP contribution in [0.5, 0.6) is 0 Å². The molecule has 0 aliphatic rings. The minimum atomic E-state index is -0.147. The summed E-state index contributed by atoms with van der Waals surface area (Å²) in [6, 6.07) is 0. The Morgan fingerprint density at radius 3 is 0.522 bits per heavy atom. The number of carbonyl (C=O) groups is 1. The standard InChI is InChI=1S/C44H89NO/c1-2-3-4-5-6-7-8-9-10-11-12-13-14-15-16-17-18-19-20-21-22-23-24-25-26-27-28-29-30-31-32-33-34-35-36-37-38-39-40-41-42-43-44(45)46/h2-43H2,1H3,(H2,45,46). The first-order chi connectivity index (χ1) is 22.8. The molecule has 0 rings (SSSR count). The summed E-state index contributed by atoms with van der Waals surface area (Å²) in [4.78, 5) is 10.7. The van der Waals surface area contributed by atoms with Gasteiger partial charge in [-0.15, -0.1) is 0 Å². The average Bonchev–Trinajstić information content (AvgIpc) is 3.05. The van der Waals surface area contributed by atoms with Crippen molar-refractivity contribution in [2.45, 2.75) is 277 Å². The van der Waals surface area contributed by atoms with Crippen molar-refractivity contribution in [3.05, 3.63) is 0 Å². The molecule has 0 unspecified atom stereocenters. The first kappa shape index (κ1) is 45.5. The Bertz CT molecular complexity index is 546. The zero-order chi connectivity index (χ0) is 33.3. The number of carbonyl (C=O) groups excluding carboxylic acids is 1. The fourth-order valence-electron chi connectivity index (χ4n) is 7.27. The monoisotopic (exact) mass is 648 g/mol. The molecule has 46 heavy (non-hydrogen) atoms. The second kappa shape index (κ2) is 42.5. The van der Waals surface area contributed by atoms with Crippen molar-refractivity contribution in [2.75, 3.05) is 0 Å². The number of hydrogen-bond acceptors (Lipinski definition) is 1. The Balaban J connectivity index is 3.04. The van der Waals surface area contributed by atoms with Crippen LogP contribution in [-0.4, -0.2) is 5.91 Å². The number of amides is 1. The molecule has 0 aromatic carbocycles. The molecule has 2 nitrogen and oxygen atoms in total. The van der Waals surface area contributed by atoms with Crippen LogP contribution in [0.1, 0.15) is 277 Å². The Kier molecular flexibility index (Phi) is 42.0. The van der Waals surface area contributed by atoms with Gasteiger partial charge in [-0.2, -0.15) is 0 Å². The molecule has 0 atom stereocenters. The maximum atomic E-state index is 10.7. The lowest BCUT2D eigenvalue weighted by molar-refractivity contribution is -0.118. The van der Waals surface area contributed by atoms with Crippen molar-refractivity contribution in [3.63, 3.8) is 0 Å². The highest BCUT2D eigenvalue weighted by Gasteiger charge is 1.99. The smallest absolute Gasteiger partial charge is 0.217 e. The number of rotatable bonds is 42. The van der Waals surface area contributed by atoms with E-state index in [1.807, 2.05) is 0 Å². The van der Waals surface area contributed by atoms with Crippen LogP contribution in [0.4, 0.5) is 0 Å². The van der Waals surface area contributed by atoms with E-state index >= 15 is 0 Å². The van der Waals surface area contributed by atoms with Gasteiger partial charge >= 0.3 is 0 Å². The minimum Gasteiger partial charge on any atom is -0.370 e. The van der Waals surface area contributed by atoms with Crippen LogP contribution >= 0.6 is 0 Å². The molecule has 0 bridgehead atoms. The lowest BCUT2D eigenvalue weighted by Crippen LogP contribution is -2.09. The van der Waals surface area contributed by atoms with E-state index in [0.29, 0.717) is 6.42 Å². The molecular weight excluding hydrogens is 558 g/mol. The molecule has 0 spiro atoms. The van der Waals surface area contributed by atoms with Gasteiger partial charge in [-0.1, -0.05) is 264 Å². The average molecular weight is 648 g/mol. The molecule has 0 saturated carbocycles. The van der Waals surface area contributed by atoms with Gasteiger partial charge in [0.2, 0.25) is 5.91 Å². The number of unbranched alkanes of at least 4 members (excludes halogenated alkanes) is 40. The van der Waals surface area contributed by atoms with E-state index < -0.39 is 0 Å². The van der Waals surface area contributed by atoms with Gasteiger partial charge in [-0.25, -0.2) is 0 Å². The van der Waals surface area contributed by atoms with Crippen molar-refractivity contribution in [1.29, 1.82) is 0 Å². The molecule has 0 saturated heterocycles. The highest BCUT2D eigenvalue weighted by Crippen LogP contribution is 2.18. The minimum absolute atomic E-state index is 0.147. The third kappa shape index (κ3) is 43.5. The number of hydrogen-bond donors (Lipinski definition) is 1. The Morgan fingerprint density at radius 1 is 0.261 bits per heavy atom. The second-order valence-corrected chi connectivity index (χ2v) is 15.4. The van der Waals surface area contributed by atoms with Crippen LogP contribution in [0.15, 0.2) is 0 Å². The SMILES string of the molecule is CCCCCCCCCCCCCCCCCCCCCCCCCCCCCCCCCCCCCCCCCCCC(N)=O. The van der Waals surface area contributed by atoms with Gasteiger partial charge in [-0.3, -0.25) is 4.79 Å². The molecule has 276 valence electrons. The molecule has 0 heterocycles. The van der Waals surface area contributed by atoms with Crippen molar-refractivity contribution >= 4 is 5.91 Å². The normalized spacial score (nSPS) is 11.5. The molecule has 0 aromatic rings. The topological polar surface area (TPSA) is 43.1 Å². The van der Waals surface area contributed by atoms with Crippen molar-refractivity contribution < 1.29 is 4.79 Å². The Labute approximate surface area is 292 Å². The van der Waals surface area contributed by atoms with Crippen molar-refractivity contribution in [3.8, 4) is 0 Å². The summed E-state index contributed by atoms with van der Waals surface area (Å²) in [5.41, 5.74) is 5.18. The molecule has 0 radical (unpaired) electrons. The molecular formula is C44H89NO. The van der Waals surface area contributed by atoms with Gasteiger partial charge in [-0.05, 0) is 6.42 Å². The van der Waals surface area contributed by atoms with Gasteiger partial charge in [0.25, 0.3) is 0 Å². The summed E-state index contributed by atoms with van der Waals surface area (Å²) >= 11 is 0. The third-order valence-electron chi connectivity index (χ3n) is 10.5. The fraction of sp³-hybridized carbons (Fsp3) is 0.977.